The number of H-pyrrole nitrogens is 1. The number of hydrogen-bond acceptors (Lipinski definition) is 1. The van der Waals surface area contributed by atoms with Gasteiger partial charge in [0, 0.05) is 12.7 Å². The van der Waals surface area contributed by atoms with Crippen molar-refractivity contribution in [1.29, 1.82) is 0 Å². The van der Waals surface area contributed by atoms with Crippen LogP contribution in [0.2, 0.25) is 0 Å². The van der Waals surface area contributed by atoms with E-state index in [1.807, 2.05) is 6.07 Å². The molecule has 0 aliphatic carbocycles. The first-order valence-electron chi connectivity index (χ1n) is 5.94. The Morgan fingerprint density at radius 3 is 2.38 bits per heavy atom. The molecular formula is C13H22N2O. The van der Waals surface area contributed by atoms with Gasteiger partial charge in [-0.25, -0.2) is 0 Å². The van der Waals surface area contributed by atoms with Gasteiger partial charge >= 0.3 is 0 Å². The molecule has 0 bridgehead atoms. The van der Waals surface area contributed by atoms with E-state index in [1.165, 1.54) is 0 Å². The molecule has 0 spiro atoms. The zero-order valence-electron chi connectivity index (χ0n) is 10.6. The van der Waals surface area contributed by atoms with Crippen LogP contribution in [-0.2, 0) is 0 Å². The summed E-state index contributed by atoms with van der Waals surface area (Å²) in [4.78, 5) is 14.6. The molecule has 0 saturated carbocycles. The molecule has 0 atom stereocenters. The quantitative estimate of drug-likeness (QED) is 0.790. The van der Waals surface area contributed by atoms with Crippen molar-refractivity contribution < 1.29 is 4.79 Å². The van der Waals surface area contributed by atoms with Gasteiger partial charge in [-0.15, -0.1) is 0 Å². The fourth-order valence-corrected chi connectivity index (χ4v) is 2.02. The van der Waals surface area contributed by atoms with Crippen LogP contribution in [0.25, 0.3) is 0 Å². The van der Waals surface area contributed by atoms with E-state index in [9.17, 15) is 4.79 Å². The summed E-state index contributed by atoms with van der Waals surface area (Å²) in [6.07, 6.45) is 1.76. The molecule has 0 fully saturated rings. The standard InChI is InChI=1S/C13H22N2O/c1-9(2)11(10(3)4)8-15-13(16)12-6-5-7-14-12/h5-7,9-11,14H,8H2,1-4H3,(H,15,16). The molecular weight excluding hydrogens is 200 g/mol. The first kappa shape index (κ1) is 12.8. The van der Waals surface area contributed by atoms with Crippen LogP contribution in [0.1, 0.15) is 38.2 Å². The van der Waals surface area contributed by atoms with Crippen molar-refractivity contribution in [2.24, 2.45) is 17.8 Å². The Hall–Kier alpha value is -1.25. The van der Waals surface area contributed by atoms with Gasteiger partial charge in [0.05, 0.1) is 0 Å². The number of nitrogens with one attached hydrogen (secondary N) is 2. The van der Waals surface area contributed by atoms with Crippen LogP contribution >= 0.6 is 0 Å². The normalized spacial score (nSPS) is 11.4. The van der Waals surface area contributed by atoms with E-state index >= 15 is 0 Å². The minimum atomic E-state index is -0.0173. The predicted molar refractivity (Wildman–Crippen MR) is 66.3 cm³/mol. The van der Waals surface area contributed by atoms with E-state index in [0.29, 0.717) is 23.4 Å². The summed E-state index contributed by atoms with van der Waals surface area (Å²) >= 11 is 0. The highest BCUT2D eigenvalue weighted by atomic mass is 16.1. The maximum absolute atomic E-state index is 11.7. The number of carbonyl (C=O) groups excluding carboxylic acids is 1. The minimum Gasteiger partial charge on any atom is -0.357 e. The van der Waals surface area contributed by atoms with Crippen molar-refractivity contribution in [1.82, 2.24) is 10.3 Å². The number of carbonyl (C=O) groups is 1. The zero-order valence-corrected chi connectivity index (χ0v) is 10.6. The molecule has 1 amide bonds. The fraction of sp³-hybridized carbons (Fsp3) is 0.615. The molecule has 3 nitrogen and oxygen atoms in total. The molecule has 0 aromatic carbocycles. The number of rotatable bonds is 5. The molecule has 2 N–H and O–H groups in total. The largest absolute Gasteiger partial charge is 0.357 e. The van der Waals surface area contributed by atoms with Crippen LogP contribution < -0.4 is 5.32 Å². The Kier molecular flexibility index (Phi) is 4.59. The van der Waals surface area contributed by atoms with Crippen LogP contribution in [0.5, 0.6) is 0 Å². The molecule has 0 aliphatic rings. The van der Waals surface area contributed by atoms with Crippen molar-refractivity contribution in [3.05, 3.63) is 24.0 Å². The number of amides is 1. The average molecular weight is 222 g/mol. The predicted octanol–water partition coefficient (Wildman–Crippen LogP) is 2.67. The van der Waals surface area contributed by atoms with Gasteiger partial charge in [-0.3, -0.25) is 4.79 Å². The summed E-state index contributed by atoms with van der Waals surface area (Å²) in [5.74, 6) is 1.68. The van der Waals surface area contributed by atoms with E-state index in [0.717, 1.165) is 6.54 Å². The van der Waals surface area contributed by atoms with Crippen molar-refractivity contribution in [3.63, 3.8) is 0 Å². The summed E-state index contributed by atoms with van der Waals surface area (Å²) in [6.45, 7) is 9.54. The summed E-state index contributed by atoms with van der Waals surface area (Å²) in [5.41, 5.74) is 0.631. The number of aromatic nitrogens is 1. The Balaban J connectivity index is 2.47. The van der Waals surface area contributed by atoms with Gasteiger partial charge in [0.15, 0.2) is 0 Å². The van der Waals surface area contributed by atoms with E-state index in [-0.39, 0.29) is 5.91 Å². The van der Waals surface area contributed by atoms with Crippen LogP contribution in [-0.4, -0.2) is 17.4 Å². The molecule has 0 aliphatic heterocycles. The van der Waals surface area contributed by atoms with Gasteiger partial charge in [0.25, 0.3) is 5.91 Å². The Morgan fingerprint density at radius 2 is 1.94 bits per heavy atom. The highest BCUT2D eigenvalue weighted by Gasteiger charge is 2.18. The highest BCUT2D eigenvalue weighted by Crippen LogP contribution is 2.19. The average Bonchev–Trinajstić information content (AvgIpc) is 2.69. The lowest BCUT2D eigenvalue weighted by atomic mass is 9.85. The van der Waals surface area contributed by atoms with Gasteiger partial charge in [-0.1, -0.05) is 27.7 Å². The van der Waals surface area contributed by atoms with Gasteiger partial charge in [0.1, 0.15) is 5.69 Å². The van der Waals surface area contributed by atoms with E-state index < -0.39 is 0 Å². The molecule has 16 heavy (non-hydrogen) atoms. The third-order valence-corrected chi connectivity index (χ3v) is 3.05. The maximum atomic E-state index is 11.7. The number of aromatic amines is 1. The topological polar surface area (TPSA) is 44.9 Å². The van der Waals surface area contributed by atoms with Crippen LogP contribution in [0.4, 0.5) is 0 Å². The number of hydrogen-bond donors (Lipinski definition) is 2. The van der Waals surface area contributed by atoms with E-state index in [4.69, 9.17) is 0 Å². The lowest BCUT2D eigenvalue weighted by Gasteiger charge is -2.24. The third-order valence-electron chi connectivity index (χ3n) is 3.05. The monoisotopic (exact) mass is 222 g/mol. The summed E-state index contributed by atoms with van der Waals surface area (Å²) in [6, 6.07) is 3.62. The second-order valence-electron chi connectivity index (χ2n) is 4.95. The molecule has 1 aromatic heterocycles. The highest BCUT2D eigenvalue weighted by molar-refractivity contribution is 5.92. The minimum absolute atomic E-state index is 0.0173. The van der Waals surface area contributed by atoms with Crippen LogP contribution in [0, 0.1) is 17.8 Å². The lowest BCUT2D eigenvalue weighted by Crippen LogP contribution is -2.34. The summed E-state index contributed by atoms with van der Waals surface area (Å²) < 4.78 is 0. The van der Waals surface area contributed by atoms with Crippen molar-refractivity contribution >= 4 is 5.91 Å². The SMILES string of the molecule is CC(C)C(CNC(=O)c1ccc[nH]1)C(C)C. The van der Waals surface area contributed by atoms with Gasteiger partial charge in [-0.05, 0) is 29.9 Å². The van der Waals surface area contributed by atoms with Crippen molar-refractivity contribution in [2.45, 2.75) is 27.7 Å². The summed E-state index contributed by atoms with van der Waals surface area (Å²) in [5, 5.41) is 2.98. The Bertz CT molecular complexity index is 307. The Morgan fingerprint density at radius 1 is 1.31 bits per heavy atom. The first-order valence-corrected chi connectivity index (χ1v) is 5.94. The molecule has 1 rings (SSSR count). The van der Waals surface area contributed by atoms with Crippen LogP contribution in [0.15, 0.2) is 18.3 Å². The molecule has 3 heteroatoms. The maximum Gasteiger partial charge on any atom is 0.267 e. The fourth-order valence-electron chi connectivity index (χ4n) is 2.02. The molecule has 1 aromatic rings. The smallest absolute Gasteiger partial charge is 0.267 e. The van der Waals surface area contributed by atoms with Crippen LogP contribution in [0.3, 0.4) is 0 Å². The van der Waals surface area contributed by atoms with Gasteiger partial charge in [-0.2, -0.15) is 0 Å². The summed E-state index contributed by atoms with van der Waals surface area (Å²) in [7, 11) is 0. The van der Waals surface area contributed by atoms with Gasteiger partial charge < -0.3 is 10.3 Å². The van der Waals surface area contributed by atoms with E-state index in [1.54, 1.807) is 12.3 Å². The molecule has 90 valence electrons. The third kappa shape index (κ3) is 3.40. The molecule has 0 radical (unpaired) electrons. The first-order chi connectivity index (χ1) is 7.52. The molecule has 1 heterocycles. The van der Waals surface area contributed by atoms with Crippen molar-refractivity contribution in [2.75, 3.05) is 6.54 Å². The molecule has 0 saturated heterocycles. The van der Waals surface area contributed by atoms with E-state index in [2.05, 4.69) is 38.0 Å². The second kappa shape index (κ2) is 5.73. The Labute approximate surface area is 97.6 Å². The van der Waals surface area contributed by atoms with Crippen molar-refractivity contribution in [3.8, 4) is 0 Å². The zero-order chi connectivity index (χ0) is 12.1. The van der Waals surface area contributed by atoms with Gasteiger partial charge in [0.2, 0.25) is 0 Å². The lowest BCUT2D eigenvalue weighted by molar-refractivity contribution is 0.0933. The molecule has 0 unspecified atom stereocenters. The second-order valence-corrected chi connectivity index (χ2v) is 4.95.